The molecule has 0 aliphatic heterocycles. The third kappa shape index (κ3) is 2.88. The zero-order chi connectivity index (χ0) is 15.0. The summed E-state index contributed by atoms with van der Waals surface area (Å²) in [5, 5.41) is 0.877. The summed E-state index contributed by atoms with van der Waals surface area (Å²) in [6.07, 6.45) is 0. The van der Waals surface area contributed by atoms with Crippen molar-refractivity contribution in [1.29, 1.82) is 0 Å². The zero-order valence-corrected chi connectivity index (χ0v) is 13.2. The van der Waals surface area contributed by atoms with Gasteiger partial charge in [-0.25, -0.2) is 13.4 Å². The van der Waals surface area contributed by atoms with Gasteiger partial charge >= 0.3 is 0 Å². The van der Waals surface area contributed by atoms with E-state index in [-0.39, 0.29) is 16.3 Å². The molecule has 1 aromatic heterocycles. The second-order valence-electron chi connectivity index (χ2n) is 4.52. The molecule has 0 bridgehead atoms. The predicted octanol–water partition coefficient (Wildman–Crippen LogP) is 3.51. The van der Waals surface area contributed by atoms with Crippen molar-refractivity contribution in [3.63, 3.8) is 0 Å². The second kappa shape index (κ2) is 5.29. The maximum Gasteiger partial charge on any atom is 0.186 e. The van der Waals surface area contributed by atoms with Crippen LogP contribution in [0.2, 0.25) is 5.02 Å². The Kier molecular flexibility index (Phi) is 3.61. The zero-order valence-electron chi connectivity index (χ0n) is 10.8. The summed E-state index contributed by atoms with van der Waals surface area (Å²) in [5.41, 5.74) is 6.74. The van der Waals surface area contributed by atoms with Crippen LogP contribution in [-0.2, 0) is 15.6 Å². The molecule has 0 radical (unpaired) electrons. The largest absolute Gasteiger partial charge is 0.398 e. The standard InChI is InChI=1S/C14H11ClN2O2S2/c15-9-5-6-10(16)13(7-9)21(18,19)8-14-17-11-3-1-2-4-12(11)20-14/h1-7H,8,16H2. The number of hydrogen-bond donors (Lipinski definition) is 1. The van der Waals surface area contributed by atoms with Crippen LogP contribution < -0.4 is 5.73 Å². The van der Waals surface area contributed by atoms with E-state index in [4.69, 9.17) is 17.3 Å². The lowest BCUT2D eigenvalue weighted by atomic mass is 10.3. The summed E-state index contributed by atoms with van der Waals surface area (Å²) in [7, 11) is -3.58. The van der Waals surface area contributed by atoms with E-state index in [1.807, 2.05) is 24.3 Å². The van der Waals surface area contributed by atoms with Gasteiger partial charge in [0, 0.05) is 5.02 Å². The number of para-hydroxylation sites is 1. The normalized spacial score (nSPS) is 11.9. The molecule has 1 heterocycles. The minimum absolute atomic E-state index is 0.0502. The van der Waals surface area contributed by atoms with Crippen molar-refractivity contribution in [3.05, 3.63) is 52.5 Å². The van der Waals surface area contributed by atoms with Crippen LogP contribution in [-0.4, -0.2) is 13.4 Å². The molecule has 2 N–H and O–H groups in total. The van der Waals surface area contributed by atoms with Gasteiger partial charge in [0.05, 0.1) is 20.8 Å². The molecular formula is C14H11ClN2O2S2. The molecule has 0 saturated carbocycles. The first-order chi connectivity index (χ1) is 9.95. The topological polar surface area (TPSA) is 73.1 Å². The Morgan fingerprint density at radius 1 is 1.19 bits per heavy atom. The van der Waals surface area contributed by atoms with Crippen LogP contribution >= 0.6 is 22.9 Å². The second-order valence-corrected chi connectivity index (χ2v) is 8.03. The molecule has 0 fully saturated rings. The first-order valence-corrected chi connectivity index (χ1v) is 8.92. The van der Waals surface area contributed by atoms with Crippen molar-refractivity contribution in [2.75, 3.05) is 5.73 Å². The van der Waals surface area contributed by atoms with Gasteiger partial charge in [0.1, 0.15) is 10.8 Å². The summed E-state index contributed by atoms with van der Waals surface area (Å²) in [4.78, 5) is 4.39. The Hall–Kier alpha value is -1.63. The van der Waals surface area contributed by atoms with E-state index in [1.54, 1.807) is 6.07 Å². The van der Waals surface area contributed by atoms with Crippen molar-refractivity contribution in [3.8, 4) is 0 Å². The van der Waals surface area contributed by atoms with Gasteiger partial charge < -0.3 is 5.73 Å². The Morgan fingerprint density at radius 2 is 1.95 bits per heavy atom. The van der Waals surface area contributed by atoms with Gasteiger partial charge in [-0.05, 0) is 30.3 Å². The first kappa shape index (κ1) is 14.3. The maximum atomic E-state index is 12.5. The molecular weight excluding hydrogens is 328 g/mol. The summed E-state index contributed by atoms with van der Waals surface area (Å²) in [5.74, 6) is -0.184. The highest BCUT2D eigenvalue weighted by molar-refractivity contribution is 7.91. The number of thiazole rings is 1. The lowest BCUT2D eigenvalue weighted by molar-refractivity contribution is 0.595. The van der Waals surface area contributed by atoms with Crippen molar-refractivity contribution in [1.82, 2.24) is 4.98 Å². The number of fused-ring (bicyclic) bond motifs is 1. The van der Waals surface area contributed by atoms with Crippen molar-refractivity contribution in [2.45, 2.75) is 10.6 Å². The minimum atomic E-state index is -3.58. The average Bonchev–Trinajstić information content (AvgIpc) is 2.82. The highest BCUT2D eigenvalue weighted by atomic mass is 35.5. The van der Waals surface area contributed by atoms with Gasteiger partial charge in [-0.2, -0.15) is 0 Å². The third-order valence-corrected chi connectivity index (χ3v) is 6.09. The number of sulfone groups is 1. The lowest BCUT2D eigenvalue weighted by Gasteiger charge is -2.06. The number of hydrogen-bond acceptors (Lipinski definition) is 5. The fourth-order valence-corrected chi connectivity index (χ4v) is 4.98. The van der Waals surface area contributed by atoms with Crippen LogP contribution in [0.25, 0.3) is 10.2 Å². The fourth-order valence-electron chi connectivity index (χ4n) is 2.00. The van der Waals surface area contributed by atoms with Crippen LogP contribution in [0.1, 0.15) is 5.01 Å². The molecule has 3 aromatic rings. The van der Waals surface area contributed by atoms with Crippen molar-refractivity contribution < 1.29 is 8.42 Å². The average molecular weight is 339 g/mol. The van der Waals surface area contributed by atoms with Gasteiger partial charge in [-0.1, -0.05) is 23.7 Å². The molecule has 0 aliphatic rings. The molecule has 0 atom stereocenters. The molecule has 0 aliphatic carbocycles. The van der Waals surface area contributed by atoms with Gasteiger partial charge in [0.25, 0.3) is 0 Å². The van der Waals surface area contributed by atoms with E-state index in [1.165, 1.54) is 23.5 Å². The number of benzene rings is 2. The third-order valence-electron chi connectivity index (χ3n) is 2.96. The predicted molar refractivity (Wildman–Crippen MR) is 86.4 cm³/mol. The van der Waals surface area contributed by atoms with Crippen LogP contribution in [0.5, 0.6) is 0 Å². The Balaban J connectivity index is 2.01. The van der Waals surface area contributed by atoms with Crippen LogP contribution in [0.4, 0.5) is 5.69 Å². The van der Waals surface area contributed by atoms with E-state index in [2.05, 4.69) is 4.98 Å². The summed E-state index contributed by atoms with van der Waals surface area (Å²) in [6.45, 7) is 0. The van der Waals surface area contributed by atoms with E-state index in [0.717, 1.165) is 10.2 Å². The highest BCUT2D eigenvalue weighted by Crippen LogP contribution is 2.28. The highest BCUT2D eigenvalue weighted by Gasteiger charge is 2.21. The van der Waals surface area contributed by atoms with Crippen LogP contribution in [0, 0.1) is 0 Å². The lowest BCUT2D eigenvalue weighted by Crippen LogP contribution is -2.07. The number of anilines is 1. The molecule has 0 saturated heterocycles. The first-order valence-electron chi connectivity index (χ1n) is 6.08. The monoisotopic (exact) mass is 338 g/mol. The van der Waals surface area contributed by atoms with Gasteiger partial charge in [-0.15, -0.1) is 11.3 Å². The molecule has 0 unspecified atom stereocenters. The van der Waals surface area contributed by atoms with Gasteiger partial charge in [0.2, 0.25) is 0 Å². The number of rotatable bonds is 3. The molecule has 4 nitrogen and oxygen atoms in total. The summed E-state index contributed by atoms with van der Waals surface area (Å²) in [6, 6.07) is 12.0. The quantitative estimate of drug-likeness (QED) is 0.742. The molecule has 0 spiro atoms. The smallest absolute Gasteiger partial charge is 0.186 e. The van der Waals surface area contributed by atoms with E-state index in [9.17, 15) is 8.42 Å². The number of aromatic nitrogens is 1. The Bertz CT molecular complexity index is 887. The summed E-state index contributed by atoms with van der Waals surface area (Å²) >= 11 is 7.22. The molecule has 21 heavy (non-hydrogen) atoms. The molecule has 0 amide bonds. The summed E-state index contributed by atoms with van der Waals surface area (Å²) < 4.78 is 25.9. The van der Waals surface area contributed by atoms with E-state index < -0.39 is 9.84 Å². The Morgan fingerprint density at radius 3 is 2.71 bits per heavy atom. The van der Waals surface area contributed by atoms with Crippen molar-refractivity contribution >= 4 is 48.7 Å². The van der Waals surface area contributed by atoms with Gasteiger partial charge in [-0.3, -0.25) is 0 Å². The van der Waals surface area contributed by atoms with E-state index >= 15 is 0 Å². The van der Waals surface area contributed by atoms with Crippen LogP contribution in [0.15, 0.2) is 47.4 Å². The molecule has 108 valence electrons. The number of halogens is 1. The molecule has 2 aromatic carbocycles. The maximum absolute atomic E-state index is 12.5. The Labute approximate surface area is 131 Å². The minimum Gasteiger partial charge on any atom is -0.398 e. The number of nitrogens with two attached hydrogens (primary N) is 1. The van der Waals surface area contributed by atoms with E-state index in [0.29, 0.717) is 10.0 Å². The fraction of sp³-hybridized carbons (Fsp3) is 0.0714. The van der Waals surface area contributed by atoms with Crippen molar-refractivity contribution in [2.24, 2.45) is 0 Å². The SMILES string of the molecule is Nc1ccc(Cl)cc1S(=O)(=O)Cc1nc2ccccc2s1. The molecule has 7 heteroatoms. The number of nitrogen functional groups attached to an aromatic ring is 1. The molecule has 3 rings (SSSR count). The van der Waals surface area contributed by atoms with Gasteiger partial charge in [0.15, 0.2) is 9.84 Å². The van der Waals surface area contributed by atoms with Crippen LogP contribution in [0.3, 0.4) is 0 Å². The number of nitrogens with zero attached hydrogens (tertiary/aromatic N) is 1.